The number of amides is 2. The summed E-state index contributed by atoms with van der Waals surface area (Å²) in [4.78, 5) is 43.4. The molecule has 0 spiro atoms. The lowest BCUT2D eigenvalue weighted by Gasteiger charge is -2.09. The lowest BCUT2D eigenvalue weighted by Crippen LogP contribution is -1.88. The number of fused-ring (bicyclic) bond motifs is 2. The van der Waals surface area contributed by atoms with Gasteiger partial charge in [-0.15, -0.1) is 45.3 Å². The number of aryl methyl sites for hydroxylation is 2. The fourth-order valence-electron chi connectivity index (χ4n) is 10.2. The Kier molecular flexibility index (Phi) is 19.1. The highest BCUT2D eigenvalue weighted by atomic mass is 32.2. The van der Waals surface area contributed by atoms with Gasteiger partial charge in [0.1, 0.15) is 8.75 Å². The fourth-order valence-corrected chi connectivity index (χ4v) is 18.8. The van der Waals surface area contributed by atoms with Crippen LogP contribution >= 0.6 is 92.4 Å². The topological polar surface area (TPSA) is 58.9 Å². The van der Waals surface area contributed by atoms with Gasteiger partial charge in [0.2, 0.25) is 0 Å². The number of carbonyl (C=O) groups excluding carboxylic acids is 2. The summed E-state index contributed by atoms with van der Waals surface area (Å²) in [7, 11) is 0. The van der Waals surface area contributed by atoms with Crippen molar-refractivity contribution >= 4 is 145 Å². The third-order valence-corrected chi connectivity index (χ3v) is 23.4. The van der Waals surface area contributed by atoms with Crippen molar-refractivity contribution < 1.29 is 9.59 Å². The highest BCUT2D eigenvalue weighted by Crippen LogP contribution is 2.54. The maximum atomic E-state index is 12.8. The zero-order valence-corrected chi connectivity index (χ0v) is 52.3. The van der Waals surface area contributed by atoms with Crippen molar-refractivity contribution in [2.24, 2.45) is 9.98 Å². The molecule has 0 aliphatic carbocycles. The molecule has 0 atom stereocenters. The van der Waals surface area contributed by atoms with E-state index in [-0.39, 0.29) is 11.8 Å². The summed E-state index contributed by atoms with van der Waals surface area (Å²) in [5.41, 5.74) is 11.7. The highest BCUT2D eigenvalue weighted by molar-refractivity contribution is 8.41. The molecule has 11 rings (SSSR count). The third-order valence-electron chi connectivity index (χ3n) is 14.5. The number of carbonyl (C=O) groups is 2. The molecule has 2 amide bonds. The summed E-state index contributed by atoms with van der Waals surface area (Å²) in [5, 5.41) is 2.60. The van der Waals surface area contributed by atoms with Crippen molar-refractivity contribution in [3.63, 3.8) is 0 Å². The van der Waals surface area contributed by atoms with Crippen molar-refractivity contribution in [2.45, 2.75) is 105 Å². The number of thiophene rings is 4. The van der Waals surface area contributed by atoms with Gasteiger partial charge in [-0.3, -0.25) is 9.59 Å². The van der Waals surface area contributed by atoms with E-state index in [1.54, 1.807) is 23.5 Å². The number of hydrogen-bond donors (Lipinski definition) is 0. The molecule has 0 N–H and O–H groups in total. The molecular formula is C68H64N2O2S8. The van der Waals surface area contributed by atoms with Gasteiger partial charge < -0.3 is 0 Å². The first-order valence-electron chi connectivity index (χ1n) is 28.1. The second-order valence-electron chi connectivity index (χ2n) is 20.5. The lowest BCUT2D eigenvalue weighted by molar-refractivity contribution is -0.114. The fraction of sp³-hybridized carbons (Fsp3) is 0.265. The molecule has 0 bridgehead atoms. The molecule has 4 aromatic heterocycles. The maximum absolute atomic E-state index is 12.8. The number of nitrogens with zero attached hydrogens (tertiary/aromatic N) is 2. The van der Waals surface area contributed by atoms with Crippen LogP contribution in [-0.4, -0.2) is 32.1 Å². The molecule has 2 aliphatic rings. The van der Waals surface area contributed by atoms with E-state index in [1.165, 1.54) is 172 Å². The Bertz CT molecular complexity index is 3490. The minimum atomic E-state index is -0.131. The molecule has 4 nitrogen and oxygen atoms in total. The molecule has 80 heavy (non-hydrogen) atoms. The van der Waals surface area contributed by atoms with E-state index < -0.39 is 0 Å². The Balaban J connectivity index is 0.814. The first kappa shape index (κ1) is 56.8. The average molecular weight is 1200 g/mol. The van der Waals surface area contributed by atoms with E-state index in [0.29, 0.717) is 9.81 Å². The van der Waals surface area contributed by atoms with Gasteiger partial charge in [0.25, 0.3) is 11.8 Å². The summed E-state index contributed by atoms with van der Waals surface area (Å²) < 4.78 is 4.39. The Labute approximate surface area is 504 Å². The zero-order chi connectivity index (χ0) is 55.0. The van der Waals surface area contributed by atoms with Gasteiger partial charge in [-0.05, 0) is 120 Å². The second kappa shape index (κ2) is 26.9. The van der Waals surface area contributed by atoms with E-state index in [4.69, 9.17) is 0 Å². The highest BCUT2D eigenvalue weighted by Gasteiger charge is 2.26. The molecule has 0 saturated heterocycles. The van der Waals surface area contributed by atoms with Crippen LogP contribution in [0.4, 0.5) is 0 Å². The first-order valence-corrected chi connectivity index (χ1v) is 34.9. The average Bonchev–Trinajstić information content (AvgIpc) is 4.42. The molecular weight excluding hydrogens is 1130 g/mol. The SMILES string of the molecule is CCCCCCCCSC1=NC(=O)/C(=C/c2ccc(-c3ccc(-c4cc5c(-c6ccc(C)s6)c6sc(-c7ccc(-c8ccc(/C=C9\SC(SCCCCCCCC)=NC9=O)cc8)cc7)cc6c(-c6ccc(C)s6)c5s4)cc3)cc2)S1. The van der Waals surface area contributed by atoms with Gasteiger partial charge in [-0.2, -0.15) is 9.98 Å². The van der Waals surface area contributed by atoms with Crippen LogP contribution in [0, 0.1) is 13.8 Å². The van der Waals surface area contributed by atoms with E-state index in [2.05, 4.69) is 171 Å². The maximum Gasteiger partial charge on any atom is 0.285 e. The van der Waals surface area contributed by atoms with E-state index in [1.807, 2.05) is 57.5 Å². The summed E-state index contributed by atoms with van der Waals surface area (Å²) in [6.07, 6.45) is 19.1. The molecule has 5 aromatic carbocycles. The van der Waals surface area contributed by atoms with Crippen LogP contribution in [0.15, 0.2) is 153 Å². The number of hydrogen-bond acceptors (Lipinski definition) is 10. The lowest BCUT2D eigenvalue weighted by atomic mass is 9.98. The van der Waals surface area contributed by atoms with Crippen LogP contribution in [0.3, 0.4) is 0 Å². The number of aliphatic imine (C=N–C) groups is 2. The number of unbranched alkanes of at least 4 members (excludes halogenated alkanes) is 10. The molecule has 2 aliphatic heterocycles. The first-order chi connectivity index (χ1) is 39.2. The monoisotopic (exact) mass is 1200 g/mol. The number of benzene rings is 5. The summed E-state index contributed by atoms with van der Waals surface area (Å²) in [6.45, 7) is 8.91. The molecule has 0 radical (unpaired) electrons. The Morgan fingerprint density at radius 2 is 0.750 bits per heavy atom. The van der Waals surface area contributed by atoms with Gasteiger partial charge in [0, 0.05) is 72.1 Å². The van der Waals surface area contributed by atoms with Crippen LogP contribution in [-0.2, 0) is 9.59 Å². The van der Waals surface area contributed by atoms with Crippen molar-refractivity contribution in [2.75, 3.05) is 11.5 Å². The van der Waals surface area contributed by atoms with Crippen LogP contribution in [0.25, 0.3) is 96.3 Å². The molecule has 406 valence electrons. The van der Waals surface area contributed by atoms with Crippen molar-refractivity contribution in [1.29, 1.82) is 0 Å². The van der Waals surface area contributed by atoms with Gasteiger partial charge >= 0.3 is 0 Å². The normalized spacial score (nSPS) is 14.7. The van der Waals surface area contributed by atoms with Gasteiger partial charge in [0.15, 0.2) is 0 Å². The molecule has 12 heteroatoms. The van der Waals surface area contributed by atoms with Gasteiger partial charge in [-0.1, -0.05) is 222 Å². The van der Waals surface area contributed by atoms with Crippen LogP contribution in [0.2, 0.25) is 0 Å². The van der Waals surface area contributed by atoms with Crippen LogP contribution in [0.1, 0.15) is 112 Å². The zero-order valence-electron chi connectivity index (χ0n) is 45.7. The molecule has 9 aromatic rings. The minimum absolute atomic E-state index is 0.131. The number of rotatable bonds is 22. The Morgan fingerprint density at radius 3 is 1.11 bits per heavy atom. The van der Waals surface area contributed by atoms with Crippen LogP contribution < -0.4 is 0 Å². The molecule has 6 heterocycles. The Hall–Kier alpha value is -5.02. The van der Waals surface area contributed by atoms with Crippen molar-refractivity contribution in [3.05, 3.63) is 164 Å². The molecule has 0 unspecified atom stereocenters. The minimum Gasteiger partial charge on any atom is -0.266 e. The van der Waals surface area contributed by atoms with E-state index >= 15 is 0 Å². The van der Waals surface area contributed by atoms with Crippen molar-refractivity contribution in [1.82, 2.24) is 0 Å². The Morgan fingerprint density at radius 1 is 0.400 bits per heavy atom. The quantitative estimate of drug-likeness (QED) is 0.0498. The largest absolute Gasteiger partial charge is 0.285 e. The summed E-state index contributed by atoms with van der Waals surface area (Å²) >= 11 is 14.0. The molecule has 0 saturated carbocycles. The van der Waals surface area contributed by atoms with Gasteiger partial charge in [-0.25, -0.2) is 0 Å². The summed E-state index contributed by atoms with van der Waals surface area (Å²) in [5.74, 6) is 1.76. The third kappa shape index (κ3) is 13.6. The smallest absolute Gasteiger partial charge is 0.266 e. The van der Waals surface area contributed by atoms with Crippen molar-refractivity contribution in [3.8, 4) is 64.0 Å². The van der Waals surface area contributed by atoms with Gasteiger partial charge in [0.05, 0.1) is 9.81 Å². The predicted octanol–water partition coefficient (Wildman–Crippen LogP) is 23.0. The standard InChI is InChI=1S/C68H64N2O2S8/c1-5-7-9-11-13-15-37-73-67-69-65(71)59(79-67)39-45-19-23-47(24-20-45)49-27-31-51(32-28-49)57-41-53-61(55-35-17-43(3)75-55)64-54(62(63(53)77-57)56-36-18-44(4)76-56)42-58(78-64)52-33-29-50(30-34-52)48-25-21-46(22-26-48)40-60-66(72)70-68(80-60)74-38-16-14-12-10-8-6-2/h17-36,39-42H,5-16,37-38H2,1-4H3/b59-39-,60-40-. The predicted molar refractivity (Wildman–Crippen MR) is 363 cm³/mol. The molecule has 0 fully saturated rings. The van der Waals surface area contributed by atoms with E-state index in [9.17, 15) is 9.59 Å². The van der Waals surface area contributed by atoms with Crippen LogP contribution in [0.5, 0.6) is 0 Å². The summed E-state index contributed by atoms with van der Waals surface area (Å²) in [6, 6.07) is 49.1. The van der Waals surface area contributed by atoms with E-state index in [0.717, 1.165) is 53.6 Å². The number of thioether (sulfide) groups is 4. The second-order valence-corrected chi connectivity index (χ2v) is 29.9.